The van der Waals surface area contributed by atoms with Crippen LogP contribution in [-0.4, -0.2) is 36.1 Å². The molecule has 0 bridgehead atoms. The van der Waals surface area contributed by atoms with Crippen LogP contribution in [-0.2, 0) is 0 Å². The van der Waals surface area contributed by atoms with Gasteiger partial charge in [0.2, 0.25) is 0 Å². The van der Waals surface area contributed by atoms with E-state index in [1.165, 1.54) is 12.1 Å². The number of hydrogen-bond acceptors (Lipinski definition) is 7. The summed E-state index contributed by atoms with van der Waals surface area (Å²) in [5.74, 6) is 0. The molecule has 21 heavy (non-hydrogen) atoms. The van der Waals surface area contributed by atoms with E-state index in [-0.39, 0.29) is 5.69 Å². The molecule has 7 nitrogen and oxygen atoms in total. The minimum Gasteiger partial charge on any atom is -0.397 e. The van der Waals surface area contributed by atoms with Gasteiger partial charge in [-0.05, 0) is 6.07 Å². The maximum absolute atomic E-state index is 10.7. The second kappa shape index (κ2) is 5.57. The van der Waals surface area contributed by atoms with Crippen LogP contribution in [0.5, 0.6) is 0 Å². The standard InChI is InChI=1S/C13H15N5O2S/c14-11-9-10(18(19)20)1-2-12(11)16-4-6-17(7-5-16)13-15-3-8-21-13/h1-3,8-9H,4-7,14H2. The highest BCUT2D eigenvalue weighted by atomic mass is 32.1. The number of nitrogens with two attached hydrogens (primary N) is 1. The van der Waals surface area contributed by atoms with Crippen molar-refractivity contribution >= 4 is 33.5 Å². The zero-order valence-electron chi connectivity index (χ0n) is 11.3. The van der Waals surface area contributed by atoms with E-state index in [4.69, 9.17) is 5.73 Å². The molecule has 3 rings (SSSR count). The molecule has 1 aliphatic heterocycles. The molecule has 1 fully saturated rings. The van der Waals surface area contributed by atoms with Crippen molar-refractivity contribution in [2.45, 2.75) is 0 Å². The lowest BCUT2D eigenvalue weighted by Gasteiger charge is -2.36. The molecule has 1 aromatic carbocycles. The largest absolute Gasteiger partial charge is 0.397 e. The summed E-state index contributed by atoms with van der Waals surface area (Å²) in [5.41, 5.74) is 7.29. The zero-order chi connectivity index (χ0) is 14.8. The first-order valence-corrected chi connectivity index (χ1v) is 7.46. The number of non-ortho nitro benzene ring substituents is 1. The third-order valence-electron chi connectivity index (χ3n) is 3.53. The summed E-state index contributed by atoms with van der Waals surface area (Å²) in [6.45, 7) is 3.37. The van der Waals surface area contributed by atoms with Crippen LogP contribution >= 0.6 is 11.3 Å². The van der Waals surface area contributed by atoms with Crippen LogP contribution in [0, 0.1) is 10.1 Å². The number of hydrogen-bond donors (Lipinski definition) is 1. The fourth-order valence-corrected chi connectivity index (χ4v) is 3.15. The smallest absolute Gasteiger partial charge is 0.271 e. The van der Waals surface area contributed by atoms with Gasteiger partial charge in [0, 0.05) is 49.9 Å². The lowest BCUT2D eigenvalue weighted by molar-refractivity contribution is -0.384. The second-order valence-corrected chi connectivity index (χ2v) is 5.66. The first-order chi connectivity index (χ1) is 10.1. The Kier molecular flexibility index (Phi) is 3.61. The third kappa shape index (κ3) is 2.75. The average molecular weight is 305 g/mol. The number of benzene rings is 1. The van der Waals surface area contributed by atoms with Gasteiger partial charge in [0.25, 0.3) is 5.69 Å². The summed E-state index contributed by atoms with van der Waals surface area (Å²) >= 11 is 1.63. The molecule has 2 heterocycles. The minimum absolute atomic E-state index is 0.0256. The molecule has 1 aliphatic rings. The van der Waals surface area contributed by atoms with Crippen molar-refractivity contribution in [2.75, 3.05) is 41.7 Å². The van der Waals surface area contributed by atoms with Crippen molar-refractivity contribution in [3.8, 4) is 0 Å². The predicted molar refractivity (Wildman–Crippen MR) is 84.0 cm³/mol. The second-order valence-electron chi connectivity index (χ2n) is 4.79. The minimum atomic E-state index is -0.430. The Morgan fingerprint density at radius 3 is 2.52 bits per heavy atom. The lowest BCUT2D eigenvalue weighted by Crippen LogP contribution is -2.46. The van der Waals surface area contributed by atoms with Crippen molar-refractivity contribution in [2.24, 2.45) is 0 Å². The number of nitrogen functional groups attached to an aromatic ring is 1. The van der Waals surface area contributed by atoms with Gasteiger partial charge in [-0.3, -0.25) is 10.1 Å². The molecule has 0 amide bonds. The molecular weight excluding hydrogens is 290 g/mol. The maximum Gasteiger partial charge on any atom is 0.271 e. The van der Waals surface area contributed by atoms with Gasteiger partial charge in [0.05, 0.1) is 16.3 Å². The highest BCUT2D eigenvalue weighted by molar-refractivity contribution is 7.13. The van der Waals surface area contributed by atoms with E-state index in [9.17, 15) is 10.1 Å². The Morgan fingerprint density at radius 2 is 1.95 bits per heavy atom. The fraction of sp³-hybridized carbons (Fsp3) is 0.308. The zero-order valence-corrected chi connectivity index (χ0v) is 12.1. The molecule has 8 heteroatoms. The van der Waals surface area contributed by atoms with Crippen LogP contribution in [0.4, 0.5) is 22.2 Å². The molecule has 1 saturated heterocycles. The SMILES string of the molecule is Nc1cc([N+](=O)[O-])ccc1N1CCN(c2nccs2)CC1. The Balaban J connectivity index is 1.71. The molecule has 2 N–H and O–H groups in total. The lowest BCUT2D eigenvalue weighted by atomic mass is 10.2. The highest BCUT2D eigenvalue weighted by Gasteiger charge is 2.21. The van der Waals surface area contributed by atoms with E-state index in [2.05, 4.69) is 14.8 Å². The number of anilines is 3. The van der Waals surface area contributed by atoms with Crippen LogP contribution in [0.15, 0.2) is 29.8 Å². The van der Waals surface area contributed by atoms with Crippen LogP contribution in [0.2, 0.25) is 0 Å². The van der Waals surface area contributed by atoms with Gasteiger partial charge in [0.1, 0.15) is 0 Å². The van der Waals surface area contributed by atoms with E-state index in [1.807, 2.05) is 5.38 Å². The average Bonchev–Trinajstić information content (AvgIpc) is 3.01. The van der Waals surface area contributed by atoms with Gasteiger partial charge in [-0.25, -0.2) is 4.98 Å². The van der Waals surface area contributed by atoms with Gasteiger partial charge in [-0.15, -0.1) is 11.3 Å². The summed E-state index contributed by atoms with van der Waals surface area (Å²) in [6, 6.07) is 4.65. The quantitative estimate of drug-likeness (QED) is 0.530. The van der Waals surface area contributed by atoms with Crippen LogP contribution in [0.1, 0.15) is 0 Å². The summed E-state index contributed by atoms with van der Waals surface area (Å²) in [4.78, 5) is 19.0. The Labute approximate surface area is 125 Å². The van der Waals surface area contributed by atoms with Crippen molar-refractivity contribution < 1.29 is 4.92 Å². The fourth-order valence-electron chi connectivity index (χ4n) is 2.45. The molecule has 0 saturated carbocycles. The number of piperazine rings is 1. The molecule has 110 valence electrons. The molecular formula is C13H15N5O2S. The predicted octanol–water partition coefficient (Wildman–Crippen LogP) is 1.96. The van der Waals surface area contributed by atoms with Gasteiger partial charge in [-0.2, -0.15) is 0 Å². The number of thiazole rings is 1. The first kappa shape index (κ1) is 13.6. The maximum atomic E-state index is 10.7. The van der Waals surface area contributed by atoms with Crippen LogP contribution in [0.25, 0.3) is 0 Å². The van der Waals surface area contributed by atoms with E-state index in [0.717, 1.165) is 37.0 Å². The summed E-state index contributed by atoms with van der Waals surface area (Å²) in [7, 11) is 0. The molecule has 0 spiro atoms. The van der Waals surface area contributed by atoms with Gasteiger partial charge in [-0.1, -0.05) is 0 Å². The topological polar surface area (TPSA) is 88.5 Å². The van der Waals surface area contributed by atoms with Crippen LogP contribution in [0.3, 0.4) is 0 Å². The van der Waals surface area contributed by atoms with Crippen molar-refractivity contribution in [1.82, 2.24) is 4.98 Å². The van der Waals surface area contributed by atoms with E-state index in [0.29, 0.717) is 5.69 Å². The Bertz CT molecular complexity index is 638. The number of nitro benzene ring substituents is 1. The van der Waals surface area contributed by atoms with Crippen molar-refractivity contribution in [3.05, 3.63) is 39.9 Å². The molecule has 0 unspecified atom stereocenters. The van der Waals surface area contributed by atoms with Gasteiger partial charge >= 0.3 is 0 Å². The number of aromatic nitrogens is 1. The summed E-state index contributed by atoms with van der Waals surface area (Å²) in [5, 5.41) is 13.7. The molecule has 0 atom stereocenters. The highest BCUT2D eigenvalue weighted by Crippen LogP contribution is 2.29. The Hall–Kier alpha value is -2.35. The first-order valence-electron chi connectivity index (χ1n) is 6.58. The van der Waals surface area contributed by atoms with E-state index < -0.39 is 4.92 Å². The number of rotatable bonds is 3. The van der Waals surface area contributed by atoms with Gasteiger partial charge in [0.15, 0.2) is 5.13 Å². The van der Waals surface area contributed by atoms with E-state index >= 15 is 0 Å². The monoisotopic (exact) mass is 305 g/mol. The molecule has 2 aromatic rings. The van der Waals surface area contributed by atoms with Crippen molar-refractivity contribution in [3.63, 3.8) is 0 Å². The Morgan fingerprint density at radius 1 is 1.24 bits per heavy atom. The molecule has 0 aliphatic carbocycles. The van der Waals surface area contributed by atoms with Gasteiger partial charge < -0.3 is 15.5 Å². The number of nitrogens with zero attached hydrogens (tertiary/aromatic N) is 4. The van der Waals surface area contributed by atoms with Crippen molar-refractivity contribution in [1.29, 1.82) is 0 Å². The van der Waals surface area contributed by atoms with Crippen LogP contribution < -0.4 is 15.5 Å². The summed E-state index contributed by atoms with van der Waals surface area (Å²) in [6.07, 6.45) is 1.81. The third-order valence-corrected chi connectivity index (χ3v) is 4.36. The molecule has 0 radical (unpaired) electrons. The number of nitro groups is 1. The normalized spacial score (nSPS) is 15.2. The molecule has 1 aromatic heterocycles. The van der Waals surface area contributed by atoms with E-state index in [1.54, 1.807) is 23.6 Å². The summed E-state index contributed by atoms with van der Waals surface area (Å²) < 4.78 is 0.